The summed E-state index contributed by atoms with van der Waals surface area (Å²) in [5.74, 6) is 0.817. The SMILES string of the molecule is CCCCc1oc2ccccc2c1/C=C/C(=O)N1CCC(NC(=O)c2cnn(C)c2)CC1. The number of rotatable bonds is 7. The maximum atomic E-state index is 12.8. The highest BCUT2D eigenvalue weighted by atomic mass is 16.3. The van der Waals surface area contributed by atoms with Crippen molar-refractivity contribution in [2.24, 2.45) is 7.05 Å². The molecule has 1 aromatic carbocycles. The highest BCUT2D eigenvalue weighted by molar-refractivity contribution is 5.96. The minimum atomic E-state index is -0.116. The van der Waals surface area contributed by atoms with Crippen LogP contribution >= 0.6 is 0 Å². The minimum absolute atomic E-state index is 0.00578. The van der Waals surface area contributed by atoms with Crippen molar-refractivity contribution in [3.8, 4) is 0 Å². The lowest BCUT2D eigenvalue weighted by Crippen LogP contribution is -2.46. The molecule has 168 valence electrons. The molecule has 7 heteroatoms. The van der Waals surface area contributed by atoms with Crippen LogP contribution in [0.3, 0.4) is 0 Å². The number of piperidine rings is 1. The van der Waals surface area contributed by atoms with Crippen LogP contribution in [0.5, 0.6) is 0 Å². The number of aryl methyl sites for hydroxylation is 2. The maximum absolute atomic E-state index is 12.8. The summed E-state index contributed by atoms with van der Waals surface area (Å²) >= 11 is 0. The molecule has 2 aromatic heterocycles. The number of nitrogens with one attached hydrogen (secondary N) is 1. The normalized spacial score (nSPS) is 15.0. The van der Waals surface area contributed by atoms with E-state index in [1.807, 2.05) is 35.2 Å². The van der Waals surface area contributed by atoms with Gasteiger partial charge in [0.15, 0.2) is 0 Å². The Bertz CT molecular complexity index is 1120. The van der Waals surface area contributed by atoms with Crippen LogP contribution in [0.1, 0.15) is 54.3 Å². The lowest BCUT2D eigenvalue weighted by molar-refractivity contribution is -0.126. The summed E-state index contributed by atoms with van der Waals surface area (Å²) in [4.78, 5) is 27.0. The van der Waals surface area contributed by atoms with E-state index in [1.54, 1.807) is 30.2 Å². The topological polar surface area (TPSA) is 80.4 Å². The number of aromatic nitrogens is 2. The van der Waals surface area contributed by atoms with Gasteiger partial charge < -0.3 is 14.6 Å². The Labute approximate surface area is 188 Å². The number of carbonyl (C=O) groups is 2. The van der Waals surface area contributed by atoms with Gasteiger partial charge in [0.25, 0.3) is 5.91 Å². The second-order valence-electron chi connectivity index (χ2n) is 8.35. The van der Waals surface area contributed by atoms with E-state index in [4.69, 9.17) is 4.42 Å². The van der Waals surface area contributed by atoms with E-state index in [2.05, 4.69) is 17.3 Å². The molecule has 7 nitrogen and oxygen atoms in total. The molecule has 3 heterocycles. The van der Waals surface area contributed by atoms with Crippen LogP contribution in [0.15, 0.2) is 47.2 Å². The van der Waals surface area contributed by atoms with Gasteiger partial charge in [0.2, 0.25) is 5.91 Å². The summed E-state index contributed by atoms with van der Waals surface area (Å²) in [7, 11) is 1.79. The van der Waals surface area contributed by atoms with Crippen molar-refractivity contribution in [1.29, 1.82) is 0 Å². The molecule has 4 rings (SSSR count). The molecule has 2 amide bonds. The van der Waals surface area contributed by atoms with Crippen molar-refractivity contribution in [1.82, 2.24) is 20.0 Å². The molecule has 0 atom stereocenters. The van der Waals surface area contributed by atoms with Gasteiger partial charge in [-0.1, -0.05) is 31.5 Å². The molecule has 1 aliphatic heterocycles. The molecular weight excluding hydrogens is 404 g/mol. The van der Waals surface area contributed by atoms with Gasteiger partial charge in [0, 0.05) is 55.8 Å². The van der Waals surface area contributed by atoms with Crippen LogP contribution in [0, 0.1) is 0 Å². The van der Waals surface area contributed by atoms with E-state index in [9.17, 15) is 9.59 Å². The van der Waals surface area contributed by atoms with Gasteiger partial charge in [-0.15, -0.1) is 0 Å². The Morgan fingerprint density at radius 3 is 2.75 bits per heavy atom. The molecule has 3 aromatic rings. The van der Waals surface area contributed by atoms with Gasteiger partial charge in [-0.25, -0.2) is 0 Å². The van der Waals surface area contributed by atoms with E-state index in [0.29, 0.717) is 18.7 Å². The Morgan fingerprint density at radius 1 is 1.25 bits per heavy atom. The lowest BCUT2D eigenvalue weighted by Gasteiger charge is -2.31. The number of furan rings is 1. The second-order valence-corrected chi connectivity index (χ2v) is 8.35. The molecule has 0 unspecified atom stereocenters. The van der Waals surface area contributed by atoms with E-state index in [-0.39, 0.29) is 17.9 Å². The van der Waals surface area contributed by atoms with Crippen LogP contribution in [0.2, 0.25) is 0 Å². The maximum Gasteiger partial charge on any atom is 0.254 e. The van der Waals surface area contributed by atoms with Crippen molar-refractivity contribution < 1.29 is 14.0 Å². The molecule has 0 saturated carbocycles. The van der Waals surface area contributed by atoms with E-state index in [1.165, 1.54) is 0 Å². The lowest BCUT2D eigenvalue weighted by atomic mass is 10.0. The van der Waals surface area contributed by atoms with Gasteiger partial charge in [-0.05, 0) is 31.4 Å². The summed E-state index contributed by atoms with van der Waals surface area (Å²) in [6, 6.07) is 8.02. The molecule has 1 N–H and O–H groups in total. The van der Waals surface area contributed by atoms with Crippen molar-refractivity contribution in [3.05, 3.63) is 59.6 Å². The first-order valence-electron chi connectivity index (χ1n) is 11.3. The highest BCUT2D eigenvalue weighted by Crippen LogP contribution is 2.28. The van der Waals surface area contributed by atoms with Crippen molar-refractivity contribution in [3.63, 3.8) is 0 Å². The first-order chi connectivity index (χ1) is 15.5. The summed E-state index contributed by atoms with van der Waals surface area (Å²) in [6.45, 7) is 3.40. The van der Waals surface area contributed by atoms with Gasteiger partial charge in [0.05, 0.1) is 11.8 Å². The number of nitrogens with zero attached hydrogens (tertiary/aromatic N) is 3. The first kappa shape index (κ1) is 21.9. The van der Waals surface area contributed by atoms with Crippen LogP contribution in [-0.4, -0.2) is 45.6 Å². The average molecular weight is 435 g/mol. The third-order valence-electron chi connectivity index (χ3n) is 5.97. The van der Waals surface area contributed by atoms with Crippen LogP contribution in [-0.2, 0) is 18.3 Å². The average Bonchev–Trinajstić information content (AvgIpc) is 3.40. The number of fused-ring (bicyclic) bond motifs is 1. The third-order valence-corrected chi connectivity index (χ3v) is 5.97. The summed E-state index contributed by atoms with van der Waals surface area (Å²) in [5, 5.41) is 8.13. The molecular formula is C25H30N4O3. The number of amides is 2. The summed E-state index contributed by atoms with van der Waals surface area (Å²) in [6.07, 6.45) is 11.3. The second kappa shape index (κ2) is 9.85. The van der Waals surface area contributed by atoms with E-state index >= 15 is 0 Å². The first-order valence-corrected chi connectivity index (χ1v) is 11.3. The molecule has 0 aliphatic carbocycles. The molecule has 1 fully saturated rings. The fourth-order valence-corrected chi connectivity index (χ4v) is 4.13. The zero-order valence-electron chi connectivity index (χ0n) is 18.7. The third kappa shape index (κ3) is 4.93. The number of carbonyl (C=O) groups excluding carboxylic acids is 2. The summed E-state index contributed by atoms with van der Waals surface area (Å²) in [5.41, 5.74) is 2.41. The Morgan fingerprint density at radius 2 is 2.03 bits per heavy atom. The highest BCUT2D eigenvalue weighted by Gasteiger charge is 2.23. The largest absolute Gasteiger partial charge is 0.460 e. The Kier molecular flexibility index (Phi) is 6.73. The number of unbranched alkanes of at least 4 members (excludes halogenated alkanes) is 1. The van der Waals surface area contributed by atoms with Crippen molar-refractivity contribution >= 4 is 28.9 Å². The molecule has 0 spiro atoms. The Balaban J connectivity index is 1.36. The molecule has 0 radical (unpaired) electrons. The summed E-state index contributed by atoms with van der Waals surface area (Å²) < 4.78 is 7.66. The van der Waals surface area contributed by atoms with Gasteiger partial charge >= 0.3 is 0 Å². The van der Waals surface area contributed by atoms with Crippen LogP contribution in [0.4, 0.5) is 0 Å². The van der Waals surface area contributed by atoms with Crippen molar-refractivity contribution in [2.45, 2.75) is 45.1 Å². The fourth-order valence-electron chi connectivity index (χ4n) is 4.13. The smallest absolute Gasteiger partial charge is 0.254 e. The zero-order valence-corrected chi connectivity index (χ0v) is 18.7. The Hall–Kier alpha value is -3.35. The van der Waals surface area contributed by atoms with Gasteiger partial charge in [-0.3, -0.25) is 14.3 Å². The quantitative estimate of drug-likeness (QED) is 0.571. The zero-order chi connectivity index (χ0) is 22.5. The molecule has 0 bridgehead atoms. The molecule has 1 aliphatic rings. The molecule has 1 saturated heterocycles. The number of hydrogen-bond donors (Lipinski definition) is 1. The monoisotopic (exact) mass is 434 g/mol. The standard InChI is InChI=1S/C25H30N4O3/c1-3-4-8-22-21(20-7-5-6-9-23(20)32-22)10-11-24(30)29-14-12-19(13-15-29)27-25(31)18-16-26-28(2)17-18/h5-7,9-11,16-17,19H,3-4,8,12-15H2,1-2H3,(H,27,31)/b11-10+. The molecule has 32 heavy (non-hydrogen) atoms. The minimum Gasteiger partial charge on any atom is -0.460 e. The van der Waals surface area contributed by atoms with Crippen molar-refractivity contribution in [2.75, 3.05) is 13.1 Å². The van der Waals surface area contributed by atoms with E-state index < -0.39 is 0 Å². The predicted octanol–water partition coefficient (Wildman–Crippen LogP) is 3.94. The predicted molar refractivity (Wildman–Crippen MR) is 124 cm³/mol. The van der Waals surface area contributed by atoms with Crippen LogP contribution < -0.4 is 5.32 Å². The van der Waals surface area contributed by atoms with Gasteiger partial charge in [-0.2, -0.15) is 5.10 Å². The van der Waals surface area contributed by atoms with Gasteiger partial charge in [0.1, 0.15) is 11.3 Å². The fraction of sp³-hybridized carbons (Fsp3) is 0.400. The van der Waals surface area contributed by atoms with E-state index in [0.717, 1.165) is 54.4 Å². The number of likely N-dealkylation sites (tertiary alicyclic amines) is 1. The number of hydrogen-bond acceptors (Lipinski definition) is 4. The number of para-hydroxylation sites is 1. The number of benzene rings is 1. The van der Waals surface area contributed by atoms with Crippen LogP contribution in [0.25, 0.3) is 17.0 Å².